The number of amides is 3. The zero-order chi connectivity index (χ0) is 29.1. The van der Waals surface area contributed by atoms with Crippen LogP contribution in [-0.2, 0) is 29.2 Å². The van der Waals surface area contributed by atoms with Gasteiger partial charge in [0, 0.05) is 50.7 Å². The first-order valence-corrected chi connectivity index (χ1v) is 14.4. The summed E-state index contributed by atoms with van der Waals surface area (Å²) in [5, 5.41) is 15.2. The molecule has 9 nitrogen and oxygen atoms in total. The summed E-state index contributed by atoms with van der Waals surface area (Å²) < 4.78 is 6.64. The molecule has 214 valence electrons. The number of nitrogens with one attached hydrogen (secondary N) is 2. The number of hydrogen-bond acceptors (Lipinski definition) is 7. The molecule has 2 saturated heterocycles. The SMILES string of the molecule is N#Cc1ccc(CN2CC[C@@H](NCc3ccccc3)[C@H](Oc3ccc4c(c3)CN(C3CCC(=O)NC3=O)C4=O)C2)cc1. The monoisotopic (exact) mass is 563 g/mol. The number of fused-ring (bicyclic) bond motifs is 1. The second-order valence-corrected chi connectivity index (χ2v) is 11.2. The van der Waals surface area contributed by atoms with Gasteiger partial charge in [-0.15, -0.1) is 0 Å². The first kappa shape index (κ1) is 27.6. The summed E-state index contributed by atoms with van der Waals surface area (Å²) in [6, 6.07) is 25.2. The highest BCUT2D eigenvalue weighted by Crippen LogP contribution is 2.31. The molecule has 0 spiro atoms. The fourth-order valence-corrected chi connectivity index (χ4v) is 6.06. The van der Waals surface area contributed by atoms with Crippen LogP contribution in [0, 0.1) is 11.3 Å². The van der Waals surface area contributed by atoms with E-state index in [0.717, 1.165) is 37.2 Å². The molecule has 0 aromatic heterocycles. The largest absolute Gasteiger partial charge is 0.487 e. The molecule has 3 heterocycles. The Labute approximate surface area is 245 Å². The topological polar surface area (TPSA) is 115 Å². The van der Waals surface area contributed by atoms with Crippen LogP contribution in [0.15, 0.2) is 72.8 Å². The second-order valence-electron chi connectivity index (χ2n) is 11.2. The van der Waals surface area contributed by atoms with Crippen LogP contribution in [0.5, 0.6) is 5.75 Å². The summed E-state index contributed by atoms with van der Waals surface area (Å²) in [5.74, 6) is -0.226. The highest BCUT2D eigenvalue weighted by molar-refractivity contribution is 6.05. The van der Waals surface area contributed by atoms with Crippen molar-refractivity contribution in [2.75, 3.05) is 13.1 Å². The third-order valence-corrected chi connectivity index (χ3v) is 8.33. The number of carbonyl (C=O) groups excluding carboxylic acids is 3. The van der Waals surface area contributed by atoms with E-state index in [1.807, 2.05) is 54.6 Å². The molecule has 0 bridgehead atoms. The van der Waals surface area contributed by atoms with Gasteiger partial charge >= 0.3 is 0 Å². The van der Waals surface area contributed by atoms with Crippen molar-refractivity contribution >= 4 is 17.7 Å². The van der Waals surface area contributed by atoms with Crippen molar-refractivity contribution in [1.82, 2.24) is 20.4 Å². The fourth-order valence-electron chi connectivity index (χ4n) is 6.06. The van der Waals surface area contributed by atoms with E-state index in [4.69, 9.17) is 10.00 Å². The molecular formula is C33H33N5O4. The third-order valence-electron chi connectivity index (χ3n) is 8.33. The van der Waals surface area contributed by atoms with Crippen LogP contribution < -0.4 is 15.4 Å². The van der Waals surface area contributed by atoms with Gasteiger partial charge in [-0.3, -0.25) is 24.6 Å². The van der Waals surface area contributed by atoms with Gasteiger partial charge in [0.15, 0.2) is 0 Å². The number of nitriles is 1. The Hall–Kier alpha value is -4.52. The number of benzene rings is 3. The molecule has 3 atom stereocenters. The van der Waals surface area contributed by atoms with Crippen LogP contribution in [-0.4, -0.2) is 58.8 Å². The van der Waals surface area contributed by atoms with Gasteiger partial charge in [-0.05, 0) is 59.9 Å². The number of hydrogen-bond donors (Lipinski definition) is 2. The van der Waals surface area contributed by atoms with Crippen molar-refractivity contribution in [2.45, 2.75) is 57.1 Å². The molecular weight excluding hydrogens is 530 g/mol. The molecule has 42 heavy (non-hydrogen) atoms. The number of likely N-dealkylation sites (tertiary alicyclic amines) is 1. The average Bonchev–Trinajstić information content (AvgIpc) is 3.32. The molecule has 6 rings (SSSR count). The van der Waals surface area contributed by atoms with Crippen molar-refractivity contribution in [1.29, 1.82) is 5.26 Å². The number of ether oxygens (including phenoxy) is 1. The van der Waals surface area contributed by atoms with Crippen LogP contribution in [0.25, 0.3) is 0 Å². The zero-order valence-corrected chi connectivity index (χ0v) is 23.3. The van der Waals surface area contributed by atoms with Gasteiger partial charge in [-0.2, -0.15) is 5.26 Å². The van der Waals surface area contributed by atoms with E-state index >= 15 is 0 Å². The Morgan fingerprint density at radius 1 is 0.976 bits per heavy atom. The first-order valence-electron chi connectivity index (χ1n) is 14.4. The molecule has 3 aliphatic heterocycles. The van der Waals surface area contributed by atoms with Gasteiger partial charge in [-0.1, -0.05) is 42.5 Å². The Kier molecular flexibility index (Phi) is 8.00. The summed E-state index contributed by atoms with van der Waals surface area (Å²) >= 11 is 0. The van der Waals surface area contributed by atoms with Gasteiger partial charge in [0.05, 0.1) is 11.6 Å². The molecule has 9 heteroatoms. The molecule has 3 amide bonds. The number of rotatable bonds is 8. The fraction of sp³-hybridized carbons (Fsp3) is 0.333. The lowest BCUT2D eigenvalue weighted by Crippen LogP contribution is -2.54. The summed E-state index contributed by atoms with van der Waals surface area (Å²) in [6.07, 6.45) is 1.32. The van der Waals surface area contributed by atoms with E-state index < -0.39 is 11.9 Å². The van der Waals surface area contributed by atoms with Gasteiger partial charge in [-0.25, -0.2) is 0 Å². The van der Waals surface area contributed by atoms with E-state index in [1.54, 1.807) is 11.0 Å². The molecule has 0 aliphatic carbocycles. The molecule has 3 aliphatic rings. The van der Waals surface area contributed by atoms with Crippen LogP contribution in [0.2, 0.25) is 0 Å². The minimum atomic E-state index is -0.646. The van der Waals surface area contributed by atoms with Crippen molar-refractivity contribution in [3.63, 3.8) is 0 Å². The Bertz CT molecular complexity index is 1520. The lowest BCUT2D eigenvalue weighted by atomic mass is 10.00. The van der Waals surface area contributed by atoms with Crippen LogP contribution in [0.3, 0.4) is 0 Å². The minimum absolute atomic E-state index is 0.122. The first-order chi connectivity index (χ1) is 20.5. The Balaban J connectivity index is 1.17. The molecule has 2 N–H and O–H groups in total. The number of carbonyl (C=O) groups is 3. The second kappa shape index (κ2) is 12.1. The van der Waals surface area contributed by atoms with Crippen molar-refractivity contribution < 1.29 is 19.1 Å². The number of imide groups is 1. The normalized spacial score (nSPS) is 22.4. The Morgan fingerprint density at radius 2 is 1.79 bits per heavy atom. The lowest BCUT2D eigenvalue weighted by Gasteiger charge is -2.39. The van der Waals surface area contributed by atoms with Crippen molar-refractivity contribution in [3.05, 3.63) is 101 Å². The highest BCUT2D eigenvalue weighted by atomic mass is 16.5. The van der Waals surface area contributed by atoms with Crippen LogP contribution in [0.4, 0.5) is 0 Å². The molecule has 1 unspecified atom stereocenters. The van der Waals surface area contributed by atoms with Gasteiger partial charge < -0.3 is 15.0 Å². The number of piperidine rings is 2. The van der Waals surface area contributed by atoms with E-state index in [1.165, 1.54) is 5.56 Å². The average molecular weight is 564 g/mol. The number of nitrogens with zero attached hydrogens (tertiary/aromatic N) is 3. The van der Waals surface area contributed by atoms with Crippen LogP contribution in [0.1, 0.15) is 51.9 Å². The summed E-state index contributed by atoms with van der Waals surface area (Å²) in [5.41, 5.74) is 4.39. The van der Waals surface area contributed by atoms with E-state index in [9.17, 15) is 14.4 Å². The van der Waals surface area contributed by atoms with E-state index in [-0.39, 0.29) is 30.4 Å². The molecule has 3 aromatic rings. The van der Waals surface area contributed by atoms with Gasteiger partial charge in [0.2, 0.25) is 11.8 Å². The molecule has 0 radical (unpaired) electrons. The standard InChI is InChI=1S/C33H33N5O4/c34-17-22-6-8-24(9-7-22)19-37-15-14-28(35-18-23-4-2-1-3-5-23)30(21-37)42-26-10-11-27-25(16-26)20-38(33(27)41)29-12-13-31(39)36-32(29)40/h1-11,16,28-30,35H,12-15,18-21H2,(H,36,39,40)/t28-,29?,30-/m1/s1. The minimum Gasteiger partial charge on any atom is -0.487 e. The third kappa shape index (κ3) is 6.05. The molecule has 3 aromatic carbocycles. The maximum absolute atomic E-state index is 13.1. The zero-order valence-electron chi connectivity index (χ0n) is 23.3. The Morgan fingerprint density at radius 3 is 2.55 bits per heavy atom. The predicted molar refractivity (Wildman–Crippen MR) is 155 cm³/mol. The molecule has 2 fully saturated rings. The summed E-state index contributed by atoms with van der Waals surface area (Å²) in [6.45, 7) is 3.43. The summed E-state index contributed by atoms with van der Waals surface area (Å²) in [4.78, 5) is 41.1. The van der Waals surface area contributed by atoms with E-state index in [2.05, 4.69) is 33.7 Å². The van der Waals surface area contributed by atoms with Gasteiger partial charge in [0.25, 0.3) is 5.91 Å². The predicted octanol–water partition coefficient (Wildman–Crippen LogP) is 3.13. The smallest absolute Gasteiger partial charge is 0.255 e. The summed E-state index contributed by atoms with van der Waals surface area (Å²) in [7, 11) is 0. The van der Waals surface area contributed by atoms with Gasteiger partial charge in [0.1, 0.15) is 17.9 Å². The maximum Gasteiger partial charge on any atom is 0.255 e. The highest BCUT2D eigenvalue weighted by Gasteiger charge is 2.39. The van der Waals surface area contributed by atoms with E-state index in [0.29, 0.717) is 36.4 Å². The quantitative estimate of drug-likeness (QED) is 0.405. The molecule has 0 saturated carbocycles. The van der Waals surface area contributed by atoms with Crippen molar-refractivity contribution in [3.8, 4) is 11.8 Å². The van der Waals surface area contributed by atoms with Crippen LogP contribution >= 0.6 is 0 Å². The lowest BCUT2D eigenvalue weighted by molar-refractivity contribution is -0.136. The maximum atomic E-state index is 13.1. The van der Waals surface area contributed by atoms with Crippen molar-refractivity contribution in [2.24, 2.45) is 0 Å².